The van der Waals surface area contributed by atoms with Crippen LogP contribution in [0.2, 0.25) is 0 Å². The van der Waals surface area contributed by atoms with Crippen LogP contribution in [0, 0.1) is 17.3 Å². The fourth-order valence-electron chi connectivity index (χ4n) is 2.25. The van der Waals surface area contributed by atoms with E-state index in [9.17, 15) is 14.7 Å². The zero-order valence-corrected chi connectivity index (χ0v) is 8.29. The number of Topliss-reactive ketones (excluding diaryl/α,β-unsaturated/α-hetero) is 1. The van der Waals surface area contributed by atoms with E-state index in [0.717, 1.165) is 0 Å². The van der Waals surface area contributed by atoms with Crippen molar-refractivity contribution in [2.45, 2.75) is 33.6 Å². The van der Waals surface area contributed by atoms with Crippen LogP contribution in [0.3, 0.4) is 0 Å². The second kappa shape index (κ2) is 3.13. The van der Waals surface area contributed by atoms with Gasteiger partial charge in [0.1, 0.15) is 5.78 Å². The first-order chi connectivity index (χ1) is 5.85. The summed E-state index contributed by atoms with van der Waals surface area (Å²) in [5, 5.41) is 10.4. The monoisotopic (exact) mass is 183 g/mol. The van der Waals surface area contributed by atoms with Gasteiger partial charge in [0.15, 0.2) is 0 Å². The van der Waals surface area contributed by atoms with Crippen LogP contribution in [0.25, 0.3) is 0 Å². The second-order valence-corrected chi connectivity index (χ2v) is 4.49. The van der Waals surface area contributed by atoms with Crippen molar-refractivity contribution < 1.29 is 14.7 Å². The molecule has 0 saturated heterocycles. The smallest absolute Gasteiger partial charge is 0.133 e. The van der Waals surface area contributed by atoms with Crippen molar-refractivity contribution in [1.82, 2.24) is 0 Å². The zero-order valence-electron chi connectivity index (χ0n) is 8.29. The summed E-state index contributed by atoms with van der Waals surface area (Å²) in [5.74, 6) is -0.706. The van der Waals surface area contributed by atoms with Gasteiger partial charge in [-0.2, -0.15) is 0 Å². The maximum absolute atomic E-state index is 11.1. The topological polar surface area (TPSA) is 57.2 Å². The SMILES string of the molecule is CC(=O)[C@H]1C[C@@H](CC(=O)[O-])C1(C)C. The van der Waals surface area contributed by atoms with Crippen molar-refractivity contribution in [2.75, 3.05) is 0 Å². The lowest BCUT2D eigenvalue weighted by atomic mass is 9.53. The number of hydrogen-bond acceptors (Lipinski definition) is 3. The van der Waals surface area contributed by atoms with Crippen LogP contribution in [0.15, 0.2) is 0 Å². The van der Waals surface area contributed by atoms with Gasteiger partial charge in [0.05, 0.1) is 0 Å². The Labute approximate surface area is 78.1 Å². The van der Waals surface area contributed by atoms with Gasteiger partial charge in [0.2, 0.25) is 0 Å². The number of carbonyl (C=O) groups is 2. The molecule has 0 amide bonds. The minimum atomic E-state index is -1.01. The average Bonchev–Trinajstić information content (AvgIpc) is 1.96. The van der Waals surface area contributed by atoms with Crippen LogP contribution in [0.5, 0.6) is 0 Å². The van der Waals surface area contributed by atoms with E-state index < -0.39 is 5.97 Å². The Morgan fingerprint density at radius 3 is 2.31 bits per heavy atom. The van der Waals surface area contributed by atoms with Gasteiger partial charge in [0.25, 0.3) is 0 Å². The summed E-state index contributed by atoms with van der Waals surface area (Å²) in [5.41, 5.74) is -0.161. The number of aliphatic carboxylic acids is 1. The first-order valence-corrected chi connectivity index (χ1v) is 4.56. The molecule has 3 nitrogen and oxygen atoms in total. The summed E-state index contributed by atoms with van der Waals surface area (Å²) in [6.07, 6.45) is 0.785. The molecule has 0 N–H and O–H groups in total. The Morgan fingerprint density at radius 1 is 1.46 bits per heavy atom. The molecule has 1 aliphatic rings. The molecule has 0 unspecified atom stereocenters. The van der Waals surface area contributed by atoms with Gasteiger partial charge in [-0.25, -0.2) is 0 Å². The number of carboxylic acids is 1. The van der Waals surface area contributed by atoms with E-state index in [4.69, 9.17) is 0 Å². The van der Waals surface area contributed by atoms with Crippen molar-refractivity contribution in [3.63, 3.8) is 0 Å². The highest BCUT2D eigenvalue weighted by Gasteiger charge is 2.49. The molecule has 0 bridgehead atoms. The Hall–Kier alpha value is -0.860. The quantitative estimate of drug-likeness (QED) is 0.635. The summed E-state index contributed by atoms with van der Waals surface area (Å²) >= 11 is 0. The molecular weight excluding hydrogens is 168 g/mol. The van der Waals surface area contributed by atoms with E-state index in [1.165, 1.54) is 0 Å². The Bertz CT molecular complexity index is 243. The third-order valence-corrected chi connectivity index (χ3v) is 3.37. The number of rotatable bonds is 3. The van der Waals surface area contributed by atoms with E-state index in [1.807, 2.05) is 13.8 Å². The highest BCUT2D eigenvalue weighted by molar-refractivity contribution is 5.80. The fraction of sp³-hybridized carbons (Fsp3) is 0.800. The normalized spacial score (nSPS) is 30.7. The first kappa shape index (κ1) is 10.2. The lowest BCUT2D eigenvalue weighted by molar-refractivity contribution is -0.309. The molecule has 0 aromatic carbocycles. The second-order valence-electron chi connectivity index (χ2n) is 4.49. The molecule has 0 aromatic rings. The van der Waals surface area contributed by atoms with Gasteiger partial charge >= 0.3 is 0 Å². The summed E-state index contributed by atoms with van der Waals surface area (Å²) in [6, 6.07) is 0. The van der Waals surface area contributed by atoms with E-state index in [2.05, 4.69) is 0 Å². The van der Waals surface area contributed by atoms with E-state index >= 15 is 0 Å². The Kier molecular flexibility index (Phi) is 2.46. The number of hydrogen-bond donors (Lipinski definition) is 0. The van der Waals surface area contributed by atoms with Gasteiger partial charge < -0.3 is 9.90 Å². The number of carboxylic acid groups (broad SMARTS) is 1. The molecule has 1 aliphatic carbocycles. The highest BCUT2D eigenvalue weighted by atomic mass is 16.4. The van der Waals surface area contributed by atoms with Gasteiger partial charge in [-0.3, -0.25) is 4.79 Å². The van der Waals surface area contributed by atoms with Gasteiger partial charge in [0, 0.05) is 11.9 Å². The van der Waals surface area contributed by atoms with Crippen molar-refractivity contribution in [2.24, 2.45) is 17.3 Å². The Balaban J connectivity index is 2.59. The van der Waals surface area contributed by atoms with Gasteiger partial charge in [-0.1, -0.05) is 13.8 Å². The van der Waals surface area contributed by atoms with E-state index in [-0.39, 0.29) is 29.5 Å². The minimum Gasteiger partial charge on any atom is -0.550 e. The standard InChI is InChI=1S/C10H16O3/c1-6(11)8-4-7(5-9(12)13)10(8,2)3/h7-8H,4-5H2,1-3H3,(H,12,13)/p-1/t7-,8+/m0/s1. The van der Waals surface area contributed by atoms with Crippen molar-refractivity contribution in [3.8, 4) is 0 Å². The molecule has 2 atom stereocenters. The number of ketones is 1. The van der Waals surface area contributed by atoms with Crippen LogP contribution in [0.4, 0.5) is 0 Å². The summed E-state index contributed by atoms with van der Waals surface area (Å²) in [6.45, 7) is 5.48. The van der Waals surface area contributed by atoms with Crippen molar-refractivity contribution in [3.05, 3.63) is 0 Å². The zero-order chi connectivity index (χ0) is 10.2. The van der Waals surface area contributed by atoms with Crippen LogP contribution in [0.1, 0.15) is 33.6 Å². The maximum Gasteiger partial charge on any atom is 0.133 e. The summed E-state index contributed by atoms with van der Waals surface area (Å²) in [7, 11) is 0. The van der Waals surface area contributed by atoms with E-state index in [1.54, 1.807) is 6.92 Å². The fourth-order valence-corrected chi connectivity index (χ4v) is 2.25. The molecule has 0 radical (unpaired) electrons. The summed E-state index contributed by atoms with van der Waals surface area (Å²) < 4.78 is 0. The molecule has 0 aliphatic heterocycles. The Morgan fingerprint density at radius 2 is 2.00 bits per heavy atom. The predicted octanol–water partition coefficient (Wildman–Crippen LogP) is 0.378. The minimum absolute atomic E-state index is 0.0387. The van der Waals surface area contributed by atoms with Crippen LogP contribution < -0.4 is 5.11 Å². The largest absolute Gasteiger partial charge is 0.550 e. The first-order valence-electron chi connectivity index (χ1n) is 4.56. The number of carbonyl (C=O) groups excluding carboxylic acids is 2. The highest BCUT2D eigenvalue weighted by Crippen LogP contribution is 2.52. The molecule has 13 heavy (non-hydrogen) atoms. The van der Waals surface area contributed by atoms with Crippen LogP contribution in [-0.4, -0.2) is 11.8 Å². The third-order valence-electron chi connectivity index (χ3n) is 3.37. The molecule has 0 heterocycles. The predicted molar refractivity (Wildman–Crippen MR) is 45.7 cm³/mol. The van der Waals surface area contributed by atoms with Gasteiger partial charge in [-0.15, -0.1) is 0 Å². The molecule has 1 saturated carbocycles. The van der Waals surface area contributed by atoms with E-state index in [0.29, 0.717) is 6.42 Å². The van der Waals surface area contributed by atoms with Crippen LogP contribution >= 0.6 is 0 Å². The lowest BCUT2D eigenvalue weighted by Gasteiger charge is -2.51. The van der Waals surface area contributed by atoms with Crippen molar-refractivity contribution >= 4 is 11.8 Å². The molecule has 0 spiro atoms. The van der Waals surface area contributed by atoms with Gasteiger partial charge in [-0.05, 0) is 31.1 Å². The molecular formula is C10H15O3-. The van der Waals surface area contributed by atoms with Crippen molar-refractivity contribution in [1.29, 1.82) is 0 Å². The summed E-state index contributed by atoms with van der Waals surface area (Å²) in [4.78, 5) is 21.5. The molecule has 1 rings (SSSR count). The molecule has 3 heteroatoms. The third kappa shape index (κ3) is 1.74. The average molecular weight is 183 g/mol. The molecule has 0 aromatic heterocycles. The maximum atomic E-state index is 11.1. The molecule has 74 valence electrons. The lowest BCUT2D eigenvalue weighted by Crippen LogP contribution is -2.50. The van der Waals surface area contributed by atoms with Crippen LogP contribution in [-0.2, 0) is 9.59 Å². The molecule has 1 fully saturated rings.